The Morgan fingerprint density at radius 3 is 2.43 bits per heavy atom. The maximum Gasteiger partial charge on any atom is 0.256 e. The third kappa shape index (κ3) is 4.67. The third-order valence-corrected chi connectivity index (χ3v) is 4.76. The van der Waals surface area contributed by atoms with E-state index < -0.39 is 0 Å². The molecule has 1 saturated heterocycles. The Morgan fingerprint density at radius 1 is 1.14 bits per heavy atom. The number of likely N-dealkylation sites (tertiary alicyclic amines) is 1. The predicted octanol–water partition coefficient (Wildman–Crippen LogP) is 3.18. The molecule has 3 amide bonds. The normalized spacial score (nSPS) is 16.4. The Balaban J connectivity index is 1.58. The molecule has 28 heavy (non-hydrogen) atoms. The van der Waals surface area contributed by atoms with Crippen LogP contribution in [0.4, 0.5) is 11.5 Å². The first kappa shape index (κ1) is 19.8. The van der Waals surface area contributed by atoms with Gasteiger partial charge < -0.3 is 15.5 Å². The van der Waals surface area contributed by atoms with E-state index in [1.807, 2.05) is 13.8 Å². The van der Waals surface area contributed by atoms with E-state index in [1.54, 1.807) is 41.3 Å². The molecule has 0 spiro atoms. The van der Waals surface area contributed by atoms with Crippen LogP contribution < -0.4 is 10.6 Å². The van der Waals surface area contributed by atoms with Gasteiger partial charge in [-0.2, -0.15) is 0 Å². The van der Waals surface area contributed by atoms with Gasteiger partial charge in [-0.1, -0.05) is 11.6 Å². The molecule has 146 valence electrons. The van der Waals surface area contributed by atoms with Gasteiger partial charge in [0.15, 0.2) is 0 Å². The molecule has 8 heteroatoms. The predicted molar refractivity (Wildman–Crippen MR) is 107 cm³/mol. The van der Waals surface area contributed by atoms with Crippen LogP contribution in [0.2, 0.25) is 5.02 Å². The lowest BCUT2D eigenvalue weighted by atomic mass is 10.1. The monoisotopic (exact) mass is 400 g/mol. The molecular weight excluding hydrogens is 380 g/mol. The fourth-order valence-electron chi connectivity index (χ4n) is 2.99. The molecular formula is C20H21ClN4O3. The Hall–Kier alpha value is -2.93. The number of aromatic nitrogens is 1. The number of benzene rings is 1. The SMILES string of the molecule is CC(C)N1C[C@@H](C(=O)Nc2ccc(C(=O)Nc3ccc(Cl)cn3)cc2)CC1=O. The maximum atomic E-state index is 12.4. The van der Waals surface area contributed by atoms with E-state index in [9.17, 15) is 14.4 Å². The Morgan fingerprint density at radius 2 is 1.86 bits per heavy atom. The van der Waals surface area contributed by atoms with E-state index in [0.29, 0.717) is 28.6 Å². The zero-order chi connectivity index (χ0) is 20.3. The summed E-state index contributed by atoms with van der Waals surface area (Å²) in [5.74, 6) is -0.486. The first-order valence-corrected chi connectivity index (χ1v) is 9.34. The van der Waals surface area contributed by atoms with Gasteiger partial charge in [0.1, 0.15) is 5.82 Å². The van der Waals surface area contributed by atoms with Gasteiger partial charge in [0.05, 0.1) is 10.9 Å². The summed E-state index contributed by atoms with van der Waals surface area (Å²) < 4.78 is 0. The summed E-state index contributed by atoms with van der Waals surface area (Å²) >= 11 is 5.77. The summed E-state index contributed by atoms with van der Waals surface area (Å²) in [6.07, 6.45) is 1.67. The lowest BCUT2D eigenvalue weighted by Gasteiger charge is -2.20. The number of carbonyl (C=O) groups excluding carboxylic acids is 3. The van der Waals surface area contributed by atoms with Crippen LogP contribution in [-0.2, 0) is 9.59 Å². The molecule has 0 unspecified atom stereocenters. The van der Waals surface area contributed by atoms with Crippen molar-refractivity contribution >= 4 is 40.8 Å². The average Bonchev–Trinajstić information content (AvgIpc) is 3.06. The van der Waals surface area contributed by atoms with Crippen molar-refractivity contribution in [2.24, 2.45) is 5.92 Å². The molecule has 2 N–H and O–H groups in total. The molecule has 1 aromatic carbocycles. The van der Waals surface area contributed by atoms with Gasteiger partial charge in [0.2, 0.25) is 11.8 Å². The standard InChI is InChI=1S/C20H21ClN4O3/c1-12(2)25-11-14(9-18(25)26)20(28)23-16-6-3-13(4-7-16)19(27)24-17-8-5-15(21)10-22-17/h3-8,10,12,14H,9,11H2,1-2H3,(H,23,28)(H,22,24,27)/t14-/m0/s1. The molecule has 1 aromatic heterocycles. The van der Waals surface area contributed by atoms with Crippen LogP contribution in [0.3, 0.4) is 0 Å². The van der Waals surface area contributed by atoms with Crippen molar-refractivity contribution in [1.82, 2.24) is 9.88 Å². The summed E-state index contributed by atoms with van der Waals surface area (Å²) in [6.45, 7) is 4.29. The molecule has 0 saturated carbocycles. The van der Waals surface area contributed by atoms with Crippen molar-refractivity contribution < 1.29 is 14.4 Å². The number of rotatable bonds is 5. The molecule has 1 aliphatic rings. The molecule has 0 radical (unpaired) electrons. The number of nitrogens with one attached hydrogen (secondary N) is 2. The van der Waals surface area contributed by atoms with E-state index >= 15 is 0 Å². The maximum absolute atomic E-state index is 12.4. The molecule has 2 heterocycles. The van der Waals surface area contributed by atoms with Crippen molar-refractivity contribution in [3.8, 4) is 0 Å². The Kier molecular flexibility index (Phi) is 5.94. The number of halogens is 1. The van der Waals surface area contributed by atoms with Crippen molar-refractivity contribution in [1.29, 1.82) is 0 Å². The molecule has 2 aromatic rings. The molecule has 1 fully saturated rings. The first-order chi connectivity index (χ1) is 13.3. The highest BCUT2D eigenvalue weighted by Crippen LogP contribution is 2.22. The Bertz CT molecular complexity index is 881. The van der Waals surface area contributed by atoms with Gasteiger partial charge in [-0.05, 0) is 50.2 Å². The largest absolute Gasteiger partial charge is 0.339 e. The molecule has 3 rings (SSSR count). The second-order valence-corrected chi connectivity index (χ2v) is 7.36. The van der Waals surface area contributed by atoms with Gasteiger partial charge in [0.25, 0.3) is 5.91 Å². The summed E-state index contributed by atoms with van der Waals surface area (Å²) in [5, 5.41) is 5.97. The number of amides is 3. The molecule has 7 nitrogen and oxygen atoms in total. The minimum Gasteiger partial charge on any atom is -0.339 e. The lowest BCUT2D eigenvalue weighted by Crippen LogP contribution is -2.33. The van der Waals surface area contributed by atoms with Crippen LogP contribution in [0.25, 0.3) is 0 Å². The van der Waals surface area contributed by atoms with Crippen LogP contribution in [0.1, 0.15) is 30.6 Å². The van der Waals surface area contributed by atoms with Crippen LogP contribution in [0.15, 0.2) is 42.6 Å². The average molecular weight is 401 g/mol. The fraction of sp³-hybridized carbons (Fsp3) is 0.300. The summed E-state index contributed by atoms with van der Waals surface area (Å²) in [5.41, 5.74) is 0.999. The minimum absolute atomic E-state index is 0.00187. The Labute approximate surface area is 168 Å². The van der Waals surface area contributed by atoms with E-state index in [2.05, 4.69) is 15.6 Å². The number of carbonyl (C=O) groups is 3. The van der Waals surface area contributed by atoms with Gasteiger partial charge in [-0.15, -0.1) is 0 Å². The second kappa shape index (κ2) is 8.39. The smallest absolute Gasteiger partial charge is 0.256 e. The highest BCUT2D eigenvalue weighted by Gasteiger charge is 2.35. The number of hydrogen-bond donors (Lipinski definition) is 2. The highest BCUT2D eigenvalue weighted by molar-refractivity contribution is 6.30. The molecule has 0 aliphatic carbocycles. The highest BCUT2D eigenvalue weighted by atomic mass is 35.5. The third-order valence-electron chi connectivity index (χ3n) is 4.54. The van der Waals surface area contributed by atoms with Gasteiger partial charge in [0, 0.05) is 36.5 Å². The van der Waals surface area contributed by atoms with E-state index in [1.165, 1.54) is 6.20 Å². The number of pyridine rings is 1. The number of anilines is 2. The number of hydrogen-bond acceptors (Lipinski definition) is 4. The quantitative estimate of drug-likeness (QED) is 0.806. The zero-order valence-electron chi connectivity index (χ0n) is 15.6. The summed E-state index contributed by atoms with van der Waals surface area (Å²) in [6, 6.07) is 9.86. The summed E-state index contributed by atoms with van der Waals surface area (Å²) in [7, 11) is 0. The lowest BCUT2D eigenvalue weighted by molar-refractivity contribution is -0.129. The summed E-state index contributed by atoms with van der Waals surface area (Å²) in [4.78, 5) is 42.4. The van der Waals surface area contributed by atoms with Gasteiger partial charge in [-0.3, -0.25) is 14.4 Å². The van der Waals surface area contributed by atoms with Crippen LogP contribution in [0, 0.1) is 5.92 Å². The van der Waals surface area contributed by atoms with E-state index in [4.69, 9.17) is 11.6 Å². The fourth-order valence-corrected chi connectivity index (χ4v) is 3.11. The van der Waals surface area contributed by atoms with Gasteiger partial charge in [-0.25, -0.2) is 4.98 Å². The molecule has 1 atom stereocenters. The van der Waals surface area contributed by atoms with Crippen molar-refractivity contribution in [3.63, 3.8) is 0 Å². The zero-order valence-corrected chi connectivity index (χ0v) is 16.4. The molecule has 1 aliphatic heterocycles. The first-order valence-electron chi connectivity index (χ1n) is 8.97. The second-order valence-electron chi connectivity index (χ2n) is 6.92. The van der Waals surface area contributed by atoms with Crippen LogP contribution in [-0.4, -0.2) is 40.2 Å². The van der Waals surface area contributed by atoms with Crippen molar-refractivity contribution in [2.45, 2.75) is 26.3 Å². The van der Waals surface area contributed by atoms with Crippen molar-refractivity contribution in [3.05, 3.63) is 53.2 Å². The van der Waals surface area contributed by atoms with E-state index in [0.717, 1.165) is 0 Å². The van der Waals surface area contributed by atoms with Crippen LogP contribution in [0.5, 0.6) is 0 Å². The van der Waals surface area contributed by atoms with E-state index in [-0.39, 0.29) is 36.1 Å². The molecule has 0 bridgehead atoms. The van der Waals surface area contributed by atoms with Crippen LogP contribution >= 0.6 is 11.6 Å². The van der Waals surface area contributed by atoms with Crippen molar-refractivity contribution in [2.75, 3.05) is 17.2 Å². The number of nitrogens with zero attached hydrogens (tertiary/aromatic N) is 2. The topological polar surface area (TPSA) is 91.4 Å². The minimum atomic E-state index is -0.367. The van der Waals surface area contributed by atoms with Gasteiger partial charge >= 0.3 is 0 Å².